The van der Waals surface area contributed by atoms with E-state index in [4.69, 9.17) is 4.84 Å². The van der Waals surface area contributed by atoms with Gasteiger partial charge in [-0.25, -0.2) is 19.2 Å². The van der Waals surface area contributed by atoms with Crippen molar-refractivity contribution in [3.8, 4) is 0 Å². The second-order valence-corrected chi connectivity index (χ2v) is 7.33. The highest BCUT2D eigenvalue weighted by Crippen LogP contribution is 2.18. The van der Waals surface area contributed by atoms with Gasteiger partial charge >= 0.3 is 0 Å². The maximum Gasteiger partial charge on any atom is 0.294 e. The molecule has 0 aliphatic heterocycles. The number of rotatable bonds is 9. The largest absolute Gasteiger partial charge is 0.294 e. The minimum Gasteiger partial charge on any atom is -0.288 e. The molecule has 152 valence electrons. The number of benzene rings is 2. The van der Waals surface area contributed by atoms with E-state index >= 15 is 0 Å². The number of amides is 1. The van der Waals surface area contributed by atoms with E-state index in [1.54, 1.807) is 36.6 Å². The topological polar surface area (TPSA) is 54.5 Å². The van der Waals surface area contributed by atoms with E-state index in [-0.39, 0.29) is 11.6 Å². The maximum atomic E-state index is 13.2. The lowest BCUT2D eigenvalue weighted by atomic mass is 10.1. The summed E-state index contributed by atoms with van der Waals surface area (Å²) in [6.07, 6.45) is 0. The van der Waals surface area contributed by atoms with Crippen molar-refractivity contribution in [2.24, 2.45) is 0 Å². The fourth-order valence-electron chi connectivity index (χ4n) is 2.73. The highest BCUT2D eigenvalue weighted by molar-refractivity contribution is 7.09. The Hall–Kier alpha value is -2.68. The van der Waals surface area contributed by atoms with Crippen molar-refractivity contribution in [2.45, 2.75) is 26.6 Å². The van der Waals surface area contributed by atoms with Crippen molar-refractivity contribution in [1.29, 1.82) is 0 Å². The minimum absolute atomic E-state index is 0.288. The van der Waals surface area contributed by atoms with Crippen LogP contribution in [0.1, 0.15) is 33.5 Å². The molecular formula is C21H21F2N3O2S. The Morgan fingerprint density at radius 2 is 1.55 bits per heavy atom. The standard InChI is InChI=1S/C21H21F2N3O2S/c1-2-28-25-21(27)19-14-29-20(24-19)13-26(11-15-3-7-17(22)8-4-15)12-16-5-9-18(23)10-6-16/h3-10,14H,2,11-13H2,1H3,(H,25,27). The first-order valence-corrected chi connectivity index (χ1v) is 9.99. The van der Waals surface area contributed by atoms with Gasteiger partial charge < -0.3 is 0 Å². The first-order chi connectivity index (χ1) is 14.0. The van der Waals surface area contributed by atoms with Gasteiger partial charge in [0.05, 0.1) is 13.2 Å². The molecule has 3 aromatic rings. The van der Waals surface area contributed by atoms with Crippen LogP contribution in [-0.2, 0) is 24.5 Å². The Balaban J connectivity index is 1.73. The lowest BCUT2D eigenvalue weighted by molar-refractivity contribution is 0.0360. The number of nitrogens with one attached hydrogen (secondary N) is 1. The Morgan fingerprint density at radius 1 is 1.00 bits per heavy atom. The smallest absolute Gasteiger partial charge is 0.288 e. The zero-order valence-corrected chi connectivity index (χ0v) is 16.7. The highest BCUT2D eigenvalue weighted by Gasteiger charge is 2.15. The van der Waals surface area contributed by atoms with Crippen LogP contribution >= 0.6 is 11.3 Å². The average Bonchev–Trinajstić information content (AvgIpc) is 3.18. The van der Waals surface area contributed by atoms with Gasteiger partial charge in [-0.3, -0.25) is 14.5 Å². The second-order valence-electron chi connectivity index (χ2n) is 6.39. The minimum atomic E-state index is -0.391. The maximum absolute atomic E-state index is 13.2. The number of thiazole rings is 1. The molecule has 2 aromatic carbocycles. The molecular weight excluding hydrogens is 396 g/mol. The van der Waals surface area contributed by atoms with Gasteiger partial charge in [-0.2, -0.15) is 0 Å². The monoisotopic (exact) mass is 417 g/mol. The van der Waals surface area contributed by atoms with Crippen molar-refractivity contribution >= 4 is 17.2 Å². The molecule has 1 amide bonds. The summed E-state index contributed by atoms with van der Waals surface area (Å²) in [5.74, 6) is -0.967. The fraction of sp³-hybridized carbons (Fsp3) is 0.238. The van der Waals surface area contributed by atoms with Crippen LogP contribution in [0.2, 0.25) is 0 Å². The van der Waals surface area contributed by atoms with Gasteiger partial charge in [-0.1, -0.05) is 24.3 Å². The van der Waals surface area contributed by atoms with Crippen LogP contribution in [-0.4, -0.2) is 22.4 Å². The van der Waals surface area contributed by atoms with Gasteiger partial charge in [0.25, 0.3) is 5.91 Å². The van der Waals surface area contributed by atoms with Gasteiger partial charge in [0.2, 0.25) is 0 Å². The van der Waals surface area contributed by atoms with Crippen molar-refractivity contribution in [3.05, 3.63) is 87.4 Å². The molecule has 0 spiro atoms. The van der Waals surface area contributed by atoms with E-state index in [9.17, 15) is 13.6 Å². The van der Waals surface area contributed by atoms with E-state index in [0.29, 0.717) is 31.9 Å². The molecule has 8 heteroatoms. The van der Waals surface area contributed by atoms with Gasteiger partial charge in [0, 0.05) is 18.5 Å². The van der Waals surface area contributed by atoms with Crippen LogP contribution in [0.25, 0.3) is 0 Å². The van der Waals surface area contributed by atoms with E-state index in [1.807, 2.05) is 0 Å². The van der Waals surface area contributed by atoms with Crippen LogP contribution in [0.5, 0.6) is 0 Å². The van der Waals surface area contributed by atoms with Crippen LogP contribution in [0.15, 0.2) is 53.9 Å². The summed E-state index contributed by atoms with van der Waals surface area (Å²) in [5.41, 5.74) is 4.51. The van der Waals surface area contributed by atoms with Crippen LogP contribution < -0.4 is 5.48 Å². The number of carbonyl (C=O) groups is 1. The summed E-state index contributed by atoms with van der Waals surface area (Å²) < 4.78 is 26.4. The molecule has 0 unspecified atom stereocenters. The fourth-order valence-corrected chi connectivity index (χ4v) is 3.55. The number of hydrogen-bond acceptors (Lipinski definition) is 5. The molecule has 5 nitrogen and oxygen atoms in total. The van der Waals surface area contributed by atoms with Gasteiger partial charge in [0.1, 0.15) is 22.3 Å². The van der Waals surface area contributed by atoms with Gasteiger partial charge in [-0.15, -0.1) is 11.3 Å². The molecule has 1 aromatic heterocycles. The van der Waals surface area contributed by atoms with Crippen LogP contribution in [0.4, 0.5) is 8.78 Å². The molecule has 29 heavy (non-hydrogen) atoms. The third kappa shape index (κ3) is 6.42. The molecule has 0 saturated heterocycles. The zero-order valence-electron chi connectivity index (χ0n) is 15.9. The van der Waals surface area contributed by atoms with Crippen molar-refractivity contribution in [1.82, 2.24) is 15.4 Å². The quantitative estimate of drug-likeness (QED) is 0.528. The molecule has 3 rings (SSSR count). The molecule has 0 bridgehead atoms. The number of nitrogens with zero attached hydrogens (tertiary/aromatic N) is 2. The Bertz CT molecular complexity index is 882. The van der Waals surface area contributed by atoms with E-state index in [1.165, 1.54) is 35.6 Å². The number of aromatic nitrogens is 1. The third-order valence-electron chi connectivity index (χ3n) is 4.09. The molecule has 0 atom stereocenters. The molecule has 1 heterocycles. The Kier molecular flexibility index (Phi) is 7.40. The van der Waals surface area contributed by atoms with Crippen LogP contribution in [0, 0.1) is 11.6 Å². The number of hydroxylamine groups is 1. The summed E-state index contributed by atoms with van der Waals surface area (Å²) in [6.45, 7) is 3.73. The second kappa shape index (κ2) is 10.2. The van der Waals surface area contributed by atoms with Gasteiger partial charge in [-0.05, 0) is 42.3 Å². The predicted octanol–water partition coefficient (Wildman–Crippen LogP) is 4.31. The molecule has 0 fully saturated rings. The normalized spacial score (nSPS) is 11.0. The number of hydrogen-bond donors (Lipinski definition) is 1. The summed E-state index contributed by atoms with van der Waals surface area (Å²) in [6, 6.07) is 12.6. The van der Waals surface area contributed by atoms with Crippen LogP contribution in [0.3, 0.4) is 0 Å². The Labute approximate surface area is 171 Å². The summed E-state index contributed by atoms with van der Waals surface area (Å²) in [4.78, 5) is 23.4. The molecule has 1 N–H and O–H groups in total. The molecule has 0 radical (unpaired) electrons. The highest BCUT2D eigenvalue weighted by atomic mass is 32.1. The van der Waals surface area contributed by atoms with Crippen molar-refractivity contribution in [2.75, 3.05) is 6.61 Å². The average molecular weight is 417 g/mol. The van der Waals surface area contributed by atoms with E-state index in [2.05, 4.69) is 15.4 Å². The number of carbonyl (C=O) groups excluding carboxylic acids is 1. The lowest BCUT2D eigenvalue weighted by Gasteiger charge is -2.21. The van der Waals surface area contributed by atoms with Crippen molar-refractivity contribution in [3.63, 3.8) is 0 Å². The SMILES string of the molecule is CCONC(=O)c1csc(CN(Cc2ccc(F)cc2)Cc2ccc(F)cc2)n1. The third-order valence-corrected chi connectivity index (χ3v) is 4.92. The molecule has 0 aliphatic rings. The lowest BCUT2D eigenvalue weighted by Crippen LogP contribution is -2.24. The van der Waals surface area contributed by atoms with E-state index in [0.717, 1.165) is 16.1 Å². The summed E-state index contributed by atoms with van der Waals surface area (Å²) in [5, 5.41) is 2.44. The van der Waals surface area contributed by atoms with Gasteiger partial charge in [0.15, 0.2) is 0 Å². The first-order valence-electron chi connectivity index (χ1n) is 9.11. The van der Waals surface area contributed by atoms with Crippen molar-refractivity contribution < 1.29 is 18.4 Å². The zero-order chi connectivity index (χ0) is 20.6. The summed E-state index contributed by atoms with van der Waals surface area (Å²) in [7, 11) is 0. The first kappa shape index (κ1) is 21.0. The molecule has 0 aliphatic carbocycles. The molecule has 0 saturated carbocycles. The Morgan fingerprint density at radius 3 is 2.07 bits per heavy atom. The van der Waals surface area contributed by atoms with E-state index < -0.39 is 5.91 Å². The number of halogens is 2. The predicted molar refractivity (Wildman–Crippen MR) is 107 cm³/mol. The summed E-state index contributed by atoms with van der Waals surface area (Å²) >= 11 is 1.38.